The van der Waals surface area contributed by atoms with E-state index in [1.807, 2.05) is 64.4 Å². The number of fused-ring (bicyclic) bond motifs is 1. The van der Waals surface area contributed by atoms with Crippen molar-refractivity contribution in [3.05, 3.63) is 52.8 Å². The van der Waals surface area contributed by atoms with Gasteiger partial charge in [-0.2, -0.15) is 4.98 Å². The lowest BCUT2D eigenvalue weighted by atomic mass is 10.0. The highest BCUT2D eigenvalue weighted by atomic mass is 32.2. The highest BCUT2D eigenvalue weighted by Gasteiger charge is 2.21. The molecule has 0 bridgehead atoms. The van der Waals surface area contributed by atoms with Crippen LogP contribution in [0, 0.1) is 13.8 Å². The molecule has 1 atom stereocenters. The molecule has 1 amide bonds. The van der Waals surface area contributed by atoms with Gasteiger partial charge in [0.15, 0.2) is 0 Å². The number of aromatic nitrogens is 4. The van der Waals surface area contributed by atoms with Gasteiger partial charge in [0.25, 0.3) is 5.78 Å². The molecule has 26 heavy (non-hydrogen) atoms. The number of carbonyl (C=O) groups excluding carboxylic acids is 1. The quantitative estimate of drug-likeness (QED) is 0.646. The molecule has 7 heteroatoms. The van der Waals surface area contributed by atoms with E-state index < -0.39 is 0 Å². The molecule has 0 radical (unpaired) electrons. The van der Waals surface area contributed by atoms with Crippen molar-refractivity contribution < 1.29 is 4.79 Å². The first-order valence-corrected chi connectivity index (χ1v) is 9.72. The number of benzene rings is 1. The van der Waals surface area contributed by atoms with Gasteiger partial charge in [0.2, 0.25) is 11.1 Å². The minimum atomic E-state index is 0.00969. The summed E-state index contributed by atoms with van der Waals surface area (Å²) in [5.41, 5.74) is 3.76. The van der Waals surface area contributed by atoms with Crippen LogP contribution in [0.5, 0.6) is 0 Å². The first-order valence-electron chi connectivity index (χ1n) is 8.49. The van der Waals surface area contributed by atoms with Crippen molar-refractivity contribution >= 4 is 23.4 Å². The second-order valence-corrected chi connectivity index (χ2v) is 7.11. The molecule has 3 aromatic rings. The number of aryl methyl sites for hydroxylation is 2. The molecule has 0 saturated heterocycles. The Kier molecular flexibility index (Phi) is 5.27. The van der Waals surface area contributed by atoms with Gasteiger partial charge in [-0.3, -0.25) is 4.79 Å². The third kappa shape index (κ3) is 3.44. The summed E-state index contributed by atoms with van der Waals surface area (Å²) in [5, 5.41) is 5.13. The average molecular weight is 369 g/mol. The Morgan fingerprint density at radius 1 is 1.23 bits per heavy atom. The first kappa shape index (κ1) is 18.4. The summed E-state index contributed by atoms with van der Waals surface area (Å²) in [5.74, 6) is 0.630. The lowest BCUT2D eigenvalue weighted by Crippen LogP contribution is -2.31. The lowest BCUT2D eigenvalue weighted by molar-refractivity contribution is -0.131. The van der Waals surface area contributed by atoms with E-state index >= 15 is 0 Å². The maximum absolute atomic E-state index is 12.9. The van der Waals surface area contributed by atoms with Gasteiger partial charge in [-0.15, -0.1) is 5.10 Å². The number of hydrogen-bond donors (Lipinski definition) is 0. The Bertz CT molecular complexity index is 938. The molecule has 6 nitrogen and oxygen atoms in total. The van der Waals surface area contributed by atoms with Crippen LogP contribution in [0.15, 0.2) is 35.5 Å². The van der Waals surface area contributed by atoms with Crippen molar-refractivity contribution in [3.8, 4) is 0 Å². The Labute approximate surface area is 157 Å². The molecule has 0 aliphatic rings. The summed E-state index contributed by atoms with van der Waals surface area (Å²) >= 11 is 1.48. The van der Waals surface area contributed by atoms with Crippen molar-refractivity contribution in [2.24, 2.45) is 0 Å². The summed E-state index contributed by atoms with van der Waals surface area (Å²) in [6, 6.07) is 10.0. The van der Waals surface area contributed by atoms with Crippen LogP contribution in [0.1, 0.15) is 35.5 Å². The third-order valence-corrected chi connectivity index (χ3v) is 5.33. The van der Waals surface area contributed by atoms with E-state index in [2.05, 4.69) is 15.1 Å². The highest BCUT2D eigenvalue weighted by molar-refractivity contribution is 7.98. The van der Waals surface area contributed by atoms with E-state index in [0.29, 0.717) is 17.4 Å². The van der Waals surface area contributed by atoms with Crippen molar-refractivity contribution in [2.45, 2.75) is 38.4 Å². The van der Waals surface area contributed by atoms with Crippen LogP contribution in [0.25, 0.3) is 5.78 Å². The Hall–Kier alpha value is -2.41. The van der Waals surface area contributed by atoms with Crippen LogP contribution in [0.4, 0.5) is 0 Å². The van der Waals surface area contributed by atoms with Gasteiger partial charge in [0.05, 0.1) is 12.5 Å². The fourth-order valence-electron chi connectivity index (χ4n) is 2.98. The maximum atomic E-state index is 12.9. The van der Waals surface area contributed by atoms with E-state index in [1.54, 1.807) is 9.42 Å². The fraction of sp³-hybridized carbons (Fsp3) is 0.368. The minimum Gasteiger partial charge on any atom is -0.339 e. The van der Waals surface area contributed by atoms with Gasteiger partial charge in [-0.25, -0.2) is 9.50 Å². The average Bonchev–Trinajstić information content (AvgIpc) is 3.07. The second-order valence-electron chi connectivity index (χ2n) is 6.34. The van der Waals surface area contributed by atoms with E-state index in [1.165, 1.54) is 11.8 Å². The van der Waals surface area contributed by atoms with Gasteiger partial charge in [-0.05, 0) is 32.6 Å². The zero-order valence-electron chi connectivity index (χ0n) is 15.7. The SMILES string of the molecule is CSc1nc2nc(C)c(CC(=O)N(C)[C@@H](C)c3ccccc3)c(C)n2n1. The van der Waals surface area contributed by atoms with E-state index in [0.717, 1.165) is 22.5 Å². The number of carbonyl (C=O) groups is 1. The molecule has 0 unspecified atom stereocenters. The first-order chi connectivity index (χ1) is 12.4. The molecule has 136 valence electrons. The van der Waals surface area contributed by atoms with Gasteiger partial charge < -0.3 is 4.90 Å². The summed E-state index contributed by atoms with van der Waals surface area (Å²) < 4.78 is 1.72. The fourth-order valence-corrected chi connectivity index (χ4v) is 3.32. The highest BCUT2D eigenvalue weighted by Crippen LogP contribution is 2.21. The summed E-state index contributed by atoms with van der Waals surface area (Å²) in [6.07, 6.45) is 2.23. The second kappa shape index (κ2) is 7.45. The van der Waals surface area contributed by atoms with E-state index in [-0.39, 0.29) is 11.9 Å². The molecule has 0 aliphatic heterocycles. The molecule has 0 N–H and O–H groups in total. The number of likely N-dealkylation sites (N-methyl/N-ethyl adjacent to an activating group) is 1. The van der Waals surface area contributed by atoms with Crippen molar-refractivity contribution in [2.75, 3.05) is 13.3 Å². The van der Waals surface area contributed by atoms with Gasteiger partial charge in [0.1, 0.15) is 0 Å². The van der Waals surface area contributed by atoms with Crippen LogP contribution in [-0.2, 0) is 11.2 Å². The predicted octanol–water partition coefficient (Wildman–Crippen LogP) is 3.23. The zero-order valence-corrected chi connectivity index (χ0v) is 16.5. The molecule has 0 spiro atoms. The smallest absolute Gasteiger partial charge is 0.253 e. The molecule has 3 rings (SSSR count). The molecule has 0 fully saturated rings. The number of thioether (sulfide) groups is 1. The largest absolute Gasteiger partial charge is 0.339 e. The number of amides is 1. The van der Waals surface area contributed by atoms with E-state index in [4.69, 9.17) is 0 Å². The van der Waals surface area contributed by atoms with Crippen LogP contribution in [-0.4, -0.2) is 43.7 Å². The van der Waals surface area contributed by atoms with Crippen molar-refractivity contribution in [1.82, 2.24) is 24.5 Å². The molecular weight excluding hydrogens is 346 g/mol. The molecule has 2 aromatic heterocycles. The number of rotatable bonds is 5. The summed E-state index contributed by atoms with van der Waals surface area (Å²) in [6.45, 7) is 5.92. The molecule has 0 aliphatic carbocycles. The van der Waals surface area contributed by atoms with Crippen molar-refractivity contribution in [1.29, 1.82) is 0 Å². The zero-order chi connectivity index (χ0) is 18.8. The standard InChI is InChI=1S/C19H23N5OS/c1-12-16(14(3)24-18(20-12)21-19(22-24)26-5)11-17(25)23(4)13(2)15-9-7-6-8-10-15/h6-10,13H,11H2,1-5H3/t13-/m0/s1. The Morgan fingerprint density at radius 2 is 1.92 bits per heavy atom. The Morgan fingerprint density at radius 3 is 2.58 bits per heavy atom. The van der Waals surface area contributed by atoms with Crippen LogP contribution >= 0.6 is 11.8 Å². The third-order valence-electron chi connectivity index (χ3n) is 4.80. The lowest BCUT2D eigenvalue weighted by Gasteiger charge is -2.26. The number of nitrogens with zero attached hydrogens (tertiary/aromatic N) is 5. The van der Waals surface area contributed by atoms with Gasteiger partial charge >= 0.3 is 0 Å². The molecule has 0 saturated carbocycles. The normalized spacial score (nSPS) is 12.3. The topological polar surface area (TPSA) is 63.4 Å². The van der Waals surface area contributed by atoms with Crippen LogP contribution in [0.3, 0.4) is 0 Å². The molecule has 1 aromatic carbocycles. The Balaban J connectivity index is 1.87. The summed E-state index contributed by atoms with van der Waals surface area (Å²) in [4.78, 5) is 23.6. The van der Waals surface area contributed by atoms with Gasteiger partial charge in [-0.1, -0.05) is 42.1 Å². The molecule has 2 heterocycles. The number of hydrogen-bond acceptors (Lipinski definition) is 5. The van der Waals surface area contributed by atoms with Crippen LogP contribution < -0.4 is 0 Å². The van der Waals surface area contributed by atoms with E-state index in [9.17, 15) is 4.79 Å². The van der Waals surface area contributed by atoms with Crippen molar-refractivity contribution in [3.63, 3.8) is 0 Å². The van der Waals surface area contributed by atoms with Crippen LogP contribution in [0.2, 0.25) is 0 Å². The maximum Gasteiger partial charge on any atom is 0.253 e. The molecular formula is C19H23N5OS. The summed E-state index contributed by atoms with van der Waals surface area (Å²) in [7, 11) is 1.85. The predicted molar refractivity (Wildman–Crippen MR) is 103 cm³/mol. The monoisotopic (exact) mass is 369 g/mol. The minimum absolute atomic E-state index is 0.00969. The van der Waals surface area contributed by atoms with Gasteiger partial charge in [0, 0.05) is 24.0 Å².